The molecule has 0 aromatic heterocycles. The number of fused-ring (bicyclic) bond motifs is 2. The lowest BCUT2D eigenvalue weighted by atomic mass is 9.57. The Morgan fingerprint density at radius 1 is 1.05 bits per heavy atom. The van der Waals surface area contributed by atoms with Crippen LogP contribution >= 0.6 is 11.6 Å². The number of halogens is 5. The van der Waals surface area contributed by atoms with E-state index in [2.05, 4.69) is 15.6 Å². The first-order valence-corrected chi connectivity index (χ1v) is 16.0. The number of alkyl halides is 4. The lowest BCUT2D eigenvalue weighted by Gasteiger charge is -2.54. The first kappa shape index (κ1) is 31.7. The van der Waals surface area contributed by atoms with E-state index >= 15 is 0 Å². The van der Waals surface area contributed by atoms with Crippen molar-refractivity contribution in [3.63, 3.8) is 0 Å². The number of carbonyl (C=O) groups is 1. The molecular formula is C30H35ClF4N4O3S. The molecule has 2 N–H and O–H groups in total. The number of carbonyl (C=O) groups excluding carboxylic acids is 1. The molecule has 0 saturated heterocycles. The van der Waals surface area contributed by atoms with Crippen LogP contribution in [0.15, 0.2) is 64.5 Å². The Kier molecular flexibility index (Phi) is 8.36. The minimum Gasteiger partial charge on any atom is -0.366 e. The summed E-state index contributed by atoms with van der Waals surface area (Å²) in [5, 5.41) is 5.92. The minimum absolute atomic E-state index is 0.143. The van der Waals surface area contributed by atoms with Crippen molar-refractivity contribution in [2.75, 3.05) is 6.54 Å². The van der Waals surface area contributed by atoms with Gasteiger partial charge in [0.15, 0.2) is 6.04 Å². The van der Waals surface area contributed by atoms with E-state index in [0.717, 1.165) is 18.4 Å². The summed E-state index contributed by atoms with van der Waals surface area (Å²) in [7, 11) is -3.90. The summed E-state index contributed by atoms with van der Waals surface area (Å²) in [6, 6.07) is 13.9. The van der Waals surface area contributed by atoms with Gasteiger partial charge in [0, 0.05) is 23.5 Å². The van der Waals surface area contributed by atoms with Gasteiger partial charge in [0.05, 0.1) is 17.0 Å². The number of aliphatic imine (C=N–C) groups is 1. The van der Waals surface area contributed by atoms with Crippen molar-refractivity contribution < 1.29 is 30.8 Å². The molecule has 2 aromatic rings. The van der Waals surface area contributed by atoms with E-state index in [1.165, 1.54) is 0 Å². The number of amides is 1. The van der Waals surface area contributed by atoms with Crippen LogP contribution in [0.1, 0.15) is 45.6 Å². The first-order valence-electron chi connectivity index (χ1n) is 14.2. The predicted octanol–water partition coefficient (Wildman–Crippen LogP) is 5.50. The molecule has 4 aliphatic rings. The van der Waals surface area contributed by atoms with E-state index in [-0.39, 0.29) is 35.2 Å². The number of nitrogens with zero attached hydrogens (tertiary/aromatic N) is 2. The monoisotopic (exact) mass is 642 g/mol. The van der Waals surface area contributed by atoms with E-state index in [0.29, 0.717) is 24.2 Å². The third-order valence-corrected chi connectivity index (χ3v) is 11.1. The van der Waals surface area contributed by atoms with Crippen LogP contribution in [0.5, 0.6) is 0 Å². The van der Waals surface area contributed by atoms with Crippen molar-refractivity contribution in [2.24, 2.45) is 22.7 Å². The Hall–Kier alpha value is -2.70. The quantitative estimate of drug-likeness (QED) is 0.354. The van der Waals surface area contributed by atoms with Gasteiger partial charge < -0.3 is 10.6 Å². The summed E-state index contributed by atoms with van der Waals surface area (Å²) in [6.45, 7) is 2.73. The van der Waals surface area contributed by atoms with Crippen LogP contribution in [0.4, 0.5) is 17.6 Å². The maximum atomic E-state index is 14.1. The summed E-state index contributed by atoms with van der Waals surface area (Å²) < 4.78 is 82.8. The highest BCUT2D eigenvalue weighted by molar-refractivity contribution is 7.89. The molecule has 1 aliphatic heterocycles. The molecule has 3 saturated carbocycles. The second-order valence-corrected chi connectivity index (χ2v) is 14.9. The SMILES string of the molecule is CC1(C)NC(C2CC(N(Cc3ccc(Cl)cc3)S(=O)(=O)c3ccccc3)C3CC2C3)=N[C@H]1C(=O)NCC(C)(F)C(F)(F)F. The molecule has 2 aromatic carbocycles. The predicted molar refractivity (Wildman–Crippen MR) is 156 cm³/mol. The normalized spacial score (nSPS) is 27.9. The van der Waals surface area contributed by atoms with Gasteiger partial charge >= 0.3 is 6.18 Å². The summed E-state index contributed by atoms with van der Waals surface area (Å²) in [5.41, 5.74) is -3.74. The van der Waals surface area contributed by atoms with E-state index < -0.39 is 45.9 Å². The highest BCUT2D eigenvalue weighted by Crippen LogP contribution is 2.52. The van der Waals surface area contributed by atoms with Crippen LogP contribution in [0, 0.1) is 17.8 Å². The second kappa shape index (κ2) is 11.3. The number of amidine groups is 1. The van der Waals surface area contributed by atoms with Gasteiger partial charge in [0.1, 0.15) is 5.84 Å². The van der Waals surface area contributed by atoms with Crippen molar-refractivity contribution in [1.82, 2.24) is 14.9 Å². The molecule has 2 bridgehead atoms. The number of nitrogens with one attached hydrogen (secondary N) is 2. The van der Waals surface area contributed by atoms with Crippen LogP contribution in [0.3, 0.4) is 0 Å². The third kappa shape index (κ3) is 6.28. The van der Waals surface area contributed by atoms with Gasteiger partial charge in [0.25, 0.3) is 0 Å². The molecule has 13 heteroatoms. The van der Waals surface area contributed by atoms with Crippen LogP contribution in [0.2, 0.25) is 5.02 Å². The zero-order valence-electron chi connectivity index (χ0n) is 24.0. The fourth-order valence-corrected chi connectivity index (χ4v) is 8.15. The molecule has 3 aliphatic carbocycles. The number of hydrogen-bond donors (Lipinski definition) is 2. The molecule has 0 radical (unpaired) electrons. The number of sulfonamides is 1. The van der Waals surface area contributed by atoms with Gasteiger partial charge in [-0.25, -0.2) is 12.8 Å². The van der Waals surface area contributed by atoms with E-state index in [9.17, 15) is 30.8 Å². The molecule has 43 heavy (non-hydrogen) atoms. The fraction of sp³-hybridized carbons (Fsp3) is 0.533. The molecule has 234 valence electrons. The topological polar surface area (TPSA) is 90.9 Å². The van der Waals surface area contributed by atoms with Gasteiger partial charge in [-0.15, -0.1) is 0 Å². The third-order valence-electron chi connectivity index (χ3n) is 8.98. The van der Waals surface area contributed by atoms with Crippen LogP contribution < -0.4 is 10.6 Å². The first-order chi connectivity index (χ1) is 20.0. The summed E-state index contributed by atoms with van der Waals surface area (Å²) in [6.07, 6.45) is -3.11. The minimum atomic E-state index is -5.13. The van der Waals surface area contributed by atoms with Gasteiger partial charge in [-0.2, -0.15) is 17.5 Å². The highest BCUT2D eigenvalue weighted by atomic mass is 35.5. The van der Waals surface area contributed by atoms with E-state index in [4.69, 9.17) is 11.6 Å². The molecule has 3 unspecified atom stereocenters. The lowest BCUT2D eigenvalue weighted by molar-refractivity contribution is -0.221. The van der Waals surface area contributed by atoms with Crippen LogP contribution in [-0.4, -0.2) is 60.5 Å². The summed E-state index contributed by atoms with van der Waals surface area (Å²) in [5.74, 6) is -0.101. The van der Waals surface area contributed by atoms with Gasteiger partial charge in [0.2, 0.25) is 21.6 Å². The van der Waals surface area contributed by atoms with Gasteiger partial charge in [-0.1, -0.05) is 41.9 Å². The molecule has 1 heterocycles. The average Bonchev–Trinajstić information content (AvgIpc) is 3.25. The number of benzene rings is 2. The molecule has 6 rings (SSSR count). The lowest BCUT2D eigenvalue weighted by Crippen LogP contribution is -2.58. The van der Waals surface area contributed by atoms with Crippen molar-refractivity contribution in [3.8, 4) is 0 Å². The summed E-state index contributed by atoms with van der Waals surface area (Å²) >= 11 is 6.07. The Bertz CT molecular complexity index is 1480. The molecule has 1 amide bonds. The van der Waals surface area contributed by atoms with Crippen molar-refractivity contribution in [1.29, 1.82) is 0 Å². The molecular weight excluding hydrogens is 608 g/mol. The van der Waals surface area contributed by atoms with Gasteiger partial charge in [-0.3, -0.25) is 9.79 Å². The Balaban J connectivity index is 1.40. The number of rotatable bonds is 9. The zero-order valence-corrected chi connectivity index (χ0v) is 25.6. The average molecular weight is 643 g/mol. The van der Waals surface area contributed by atoms with Crippen LogP contribution in [0.25, 0.3) is 0 Å². The molecule has 0 spiro atoms. The second-order valence-electron chi connectivity index (χ2n) is 12.6. The van der Waals surface area contributed by atoms with Crippen molar-refractivity contribution >= 4 is 33.4 Å². The summed E-state index contributed by atoms with van der Waals surface area (Å²) in [4.78, 5) is 17.8. The van der Waals surface area contributed by atoms with E-state index in [1.54, 1.807) is 72.7 Å². The van der Waals surface area contributed by atoms with Crippen molar-refractivity contribution in [3.05, 3.63) is 65.2 Å². The maximum Gasteiger partial charge on any atom is 0.423 e. The highest BCUT2D eigenvalue weighted by Gasteiger charge is 2.55. The number of hydrogen-bond acceptors (Lipinski definition) is 5. The Labute approximate surface area is 254 Å². The maximum absolute atomic E-state index is 14.1. The largest absolute Gasteiger partial charge is 0.423 e. The smallest absolute Gasteiger partial charge is 0.366 e. The molecule has 4 atom stereocenters. The van der Waals surface area contributed by atoms with Crippen molar-refractivity contribution in [2.45, 2.75) is 80.9 Å². The zero-order chi connectivity index (χ0) is 31.4. The molecule has 3 fully saturated rings. The fourth-order valence-electron chi connectivity index (χ4n) is 6.32. The van der Waals surface area contributed by atoms with E-state index in [1.807, 2.05) is 0 Å². The van der Waals surface area contributed by atoms with Gasteiger partial charge in [-0.05, 0) is 81.7 Å². The van der Waals surface area contributed by atoms with Crippen LogP contribution in [-0.2, 0) is 21.4 Å². The standard InChI is InChI=1S/C30H35ClF4N4O3S/c1-28(2)25(27(40)36-17-29(3,32)30(33,34)35)37-26(38-28)23-15-24(20-13-19(23)14-20)39(16-18-9-11-21(31)12-10-18)43(41,42)22-7-5-4-6-8-22/h4-12,19-20,23-25H,13-17H2,1-3H3,(H,36,40)(H,37,38)/t19?,20?,23?,24?,25-,29?/m0/s1. The Morgan fingerprint density at radius 2 is 1.67 bits per heavy atom. The Morgan fingerprint density at radius 3 is 2.28 bits per heavy atom. The molecule has 7 nitrogen and oxygen atoms in total.